The molecule has 2 N–H and O–H groups in total. The first-order chi connectivity index (χ1) is 13.6. The SMILES string of the molecule is CC(C)(C)C[C@@H]1N[C@@H](C(=O)O)[C@H](c2cccc(Cl)c2)[C@@]1(C#N)c1ccc(Cl)cc1. The molecular formula is C23H24Cl2N2O2. The Kier molecular flexibility index (Phi) is 5.96. The van der Waals surface area contributed by atoms with Crippen molar-refractivity contribution in [1.29, 1.82) is 5.26 Å². The van der Waals surface area contributed by atoms with Gasteiger partial charge in [0.15, 0.2) is 0 Å². The molecule has 0 aliphatic carbocycles. The summed E-state index contributed by atoms with van der Waals surface area (Å²) >= 11 is 12.3. The van der Waals surface area contributed by atoms with E-state index in [9.17, 15) is 15.2 Å². The van der Waals surface area contributed by atoms with E-state index in [1.165, 1.54) is 0 Å². The number of carbonyl (C=O) groups is 1. The van der Waals surface area contributed by atoms with Gasteiger partial charge in [0, 0.05) is 22.0 Å². The van der Waals surface area contributed by atoms with Gasteiger partial charge in [-0.3, -0.25) is 10.1 Å². The molecule has 1 saturated heterocycles. The van der Waals surface area contributed by atoms with Crippen molar-refractivity contribution in [3.05, 3.63) is 69.7 Å². The fourth-order valence-electron chi connectivity index (χ4n) is 4.44. The molecule has 1 fully saturated rings. The van der Waals surface area contributed by atoms with Crippen LogP contribution in [0.5, 0.6) is 0 Å². The molecule has 1 aliphatic rings. The summed E-state index contributed by atoms with van der Waals surface area (Å²) in [6, 6.07) is 15.5. The molecule has 0 saturated carbocycles. The molecule has 4 nitrogen and oxygen atoms in total. The topological polar surface area (TPSA) is 73.1 Å². The average molecular weight is 431 g/mol. The first kappa shape index (κ1) is 21.6. The first-order valence-corrected chi connectivity index (χ1v) is 10.3. The average Bonchev–Trinajstić information content (AvgIpc) is 2.96. The molecule has 29 heavy (non-hydrogen) atoms. The highest BCUT2D eigenvalue weighted by Crippen LogP contribution is 2.51. The van der Waals surface area contributed by atoms with Crippen LogP contribution in [0.3, 0.4) is 0 Å². The van der Waals surface area contributed by atoms with E-state index in [4.69, 9.17) is 23.2 Å². The van der Waals surface area contributed by atoms with E-state index in [0.29, 0.717) is 16.5 Å². The summed E-state index contributed by atoms with van der Waals surface area (Å²) in [5.41, 5.74) is 0.273. The minimum absolute atomic E-state index is 0.113. The maximum Gasteiger partial charge on any atom is 0.321 e. The third-order valence-corrected chi connectivity index (χ3v) is 6.04. The third-order valence-electron chi connectivity index (χ3n) is 5.55. The number of carboxylic acid groups (broad SMARTS) is 1. The van der Waals surface area contributed by atoms with Crippen molar-refractivity contribution >= 4 is 29.2 Å². The van der Waals surface area contributed by atoms with Crippen molar-refractivity contribution in [2.75, 3.05) is 0 Å². The van der Waals surface area contributed by atoms with Crippen LogP contribution in [0.4, 0.5) is 0 Å². The maximum absolute atomic E-state index is 12.2. The molecule has 0 radical (unpaired) electrons. The summed E-state index contributed by atoms with van der Waals surface area (Å²) in [4.78, 5) is 12.2. The summed E-state index contributed by atoms with van der Waals surface area (Å²) in [6.07, 6.45) is 0.629. The summed E-state index contributed by atoms with van der Waals surface area (Å²) < 4.78 is 0. The Morgan fingerprint density at radius 2 is 1.83 bits per heavy atom. The number of carboxylic acids is 1. The molecular weight excluding hydrogens is 407 g/mol. The van der Waals surface area contributed by atoms with Gasteiger partial charge in [0.1, 0.15) is 11.5 Å². The van der Waals surface area contributed by atoms with Crippen molar-refractivity contribution in [2.45, 2.75) is 50.6 Å². The molecule has 0 spiro atoms. The van der Waals surface area contributed by atoms with Crippen molar-refractivity contribution in [3.8, 4) is 6.07 Å². The van der Waals surface area contributed by atoms with E-state index in [2.05, 4.69) is 32.2 Å². The number of nitriles is 1. The Morgan fingerprint density at radius 3 is 2.34 bits per heavy atom. The fraction of sp³-hybridized carbons (Fsp3) is 0.391. The van der Waals surface area contributed by atoms with Gasteiger partial charge in [0.05, 0.1) is 6.07 Å². The standard InChI is InChI=1S/C23H24Cl2N2O2/c1-22(2,3)12-18-23(13-26,15-7-9-16(24)10-8-15)19(20(27-18)21(28)29)14-5-4-6-17(25)11-14/h4-11,18-20,27H,12H2,1-3H3,(H,28,29)/t18-,19-,20+,23-/m0/s1. The molecule has 152 valence electrons. The van der Waals surface area contributed by atoms with Gasteiger partial charge in [-0.2, -0.15) is 5.26 Å². The van der Waals surface area contributed by atoms with Crippen LogP contribution < -0.4 is 5.32 Å². The Hall–Kier alpha value is -2.06. The maximum atomic E-state index is 12.2. The minimum atomic E-state index is -1.09. The molecule has 6 heteroatoms. The van der Waals surface area contributed by atoms with E-state index in [1.54, 1.807) is 30.3 Å². The fourth-order valence-corrected chi connectivity index (χ4v) is 4.77. The molecule has 0 amide bonds. The lowest BCUT2D eigenvalue weighted by Crippen LogP contribution is -2.44. The lowest BCUT2D eigenvalue weighted by Gasteiger charge is -2.37. The van der Waals surface area contributed by atoms with Gasteiger partial charge in [-0.1, -0.05) is 68.2 Å². The quantitative estimate of drug-likeness (QED) is 0.680. The van der Waals surface area contributed by atoms with Crippen LogP contribution in [0.2, 0.25) is 10.0 Å². The van der Waals surface area contributed by atoms with Gasteiger partial charge in [-0.15, -0.1) is 0 Å². The molecule has 4 atom stereocenters. The van der Waals surface area contributed by atoms with Gasteiger partial charge in [-0.05, 0) is 47.2 Å². The largest absolute Gasteiger partial charge is 0.480 e. The Bertz CT molecular complexity index is 947. The van der Waals surface area contributed by atoms with Gasteiger partial charge in [0.2, 0.25) is 0 Å². The van der Waals surface area contributed by atoms with Gasteiger partial charge in [-0.25, -0.2) is 0 Å². The number of nitrogens with one attached hydrogen (secondary N) is 1. The molecule has 0 aromatic heterocycles. The van der Waals surface area contributed by atoms with Crippen LogP contribution >= 0.6 is 23.2 Å². The van der Waals surface area contributed by atoms with Crippen LogP contribution in [0.15, 0.2) is 48.5 Å². The van der Waals surface area contributed by atoms with E-state index in [-0.39, 0.29) is 11.5 Å². The smallest absolute Gasteiger partial charge is 0.321 e. The third kappa shape index (κ3) is 4.14. The van der Waals surface area contributed by atoms with Crippen LogP contribution in [0, 0.1) is 16.7 Å². The molecule has 2 aromatic rings. The van der Waals surface area contributed by atoms with Crippen molar-refractivity contribution < 1.29 is 9.90 Å². The van der Waals surface area contributed by atoms with E-state index in [0.717, 1.165) is 11.1 Å². The molecule has 1 heterocycles. The molecule has 0 unspecified atom stereocenters. The lowest BCUT2D eigenvalue weighted by molar-refractivity contribution is -0.139. The molecule has 2 aromatic carbocycles. The summed E-state index contributed by atoms with van der Waals surface area (Å²) in [5.74, 6) is -1.60. The number of benzene rings is 2. The van der Waals surface area contributed by atoms with Crippen LogP contribution in [-0.2, 0) is 10.2 Å². The predicted octanol–water partition coefficient (Wildman–Crippen LogP) is 5.40. The van der Waals surface area contributed by atoms with E-state index in [1.807, 2.05) is 18.2 Å². The number of hydrogen-bond acceptors (Lipinski definition) is 3. The number of halogens is 2. The highest BCUT2D eigenvalue weighted by Gasteiger charge is 2.59. The zero-order valence-electron chi connectivity index (χ0n) is 16.6. The van der Waals surface area contributed by atoms with Crippen molar-refractivity contribution in [3.63, 3.8) is 0 Å². The summed E-state index contributed by atoms with van der Waals surface area (Å²) in [7, 11) is 0. The predicted molar refractivity (Wildman–Crippen MR) is 115 cm³/mol. The van der Waals surface area contributed by atoms with Gasteiger partial charge < -0.3 is 5.11 Å². The van der Waals surface area contributed by atoms with Crippen molar-refractivity contribution in [2.24, 2.45) is 5.41 Å². The van der Waals surface area contributed by atoms with Crippen molar-refractivity contribution in [1.82, 2.24) is 5.32 Å². The first-order valence-electron chi connectivity index (χ1n) is 9.50. The second kappa shape index (κ2) is 7.99. The Balaban J connectivity index is 2.28. The second-order valence-electron chi connectivity index (χ2n) is 8.82. The Labute approximate surface area is 181 Å². The van der Waals surface area contributed by atoms with E-state index >= 15 is 0 Å². The normalized spacial score (nSPS) is 26.8. The second-order valence-corrected chi connectivity index (χ2v) is 9.69. The lowest BCUT2D eigenvalue weighted by atomic mass is 9.63. The summed E-state index contributed by atoms with van der Waals surface area (Å²) in [5, 5.41) is 24.9. The van der Waals surface area contributed by atoms with Crippen LogP contribution in [-0.4, -0.2) is 23.2 Å². The van der Waals surface area contributed by atoms with Crippen LogP contribution in [0.1, 0.15) is 44.2 Å². The molecule has 1 aliphatic heterocycles. The highest BCUT2D eigenvalue weighted by molar-refractivity contribution is 6.30. The van der Waals surface area contributed by atoms with Gasteiger partial charge >= 0.3 is 5.97 Å². The van der Waals surface area contributed by atoms with Gasteiger partial charge in [0.25, 0.3) is 0 Å². The molecule has 0 bridgehead atoms. The Morgan fingerprint density at radius 1 is 1.17 bits per heavy atom. The van der Waals surface area contributed by atoms with E-state index < -0.39 is 23.3 Å². The number of nitrogens with zero attached hydrogens (tertiary/aromatic N) is 1. The molecule has 3 rings (SSSR count). The number of hydrogen-bond donors (Lipinski definition) is 2. The number of rotatable bonds is 4. The zero-order chi connectivity index (χ0) is 21.4. The highest BCUT2D eigenvalue weighted by atomic mass is 35.5. The monoisotopic (exact) mass is 430 g/mol. The zero-order valence-corrected chi connectivity index (χ0v) is 18.1. The minimum Gasteiger partial charge on any atom is -0.480 e. The van der Waals surface area contributed by atoms with Crippen LogP contribution in [0.25, 0.3) is 0 Å². The summed E-state index contributed by atoms with van der Waals surface area (Å²) in [6.45, 7) is 6.25. The number of aliphatic carboxylic acids is 1.